The van der Waals surface area contributed by atoms with Crippen LogP contribution in [0.15, 0.2) is 84.9 Å². The Morgan fingerprint density at radius 2 is 1.39 bits per heavy atom. The fraction of sp³-hybridized carbons (Fsp3) is 0.222. The van der Waals surface area contributed by atoms with Crippen LogP contribution in [0.2, 0.25) is 0 Å². The number of phenols is 1. The van der Waals surface area contributed by atoms with Gasteiger partial charge in [-0.15, -0.1) is 0 Å². The number of carboxylic acids is 1. The first-order chi connectivity index (χ1) is 17.4. The van der Waals surface area contributed by atoms with Crippen molar-refractivity contribution in [1.82, 2.24) is 10.6 Å². The Bertz CT molecular complexity index is 1130. The molecule has 0 unspecified atom stereocenters. The Morgan fingerprint density at radius 1 is 0.778 bits per heavy atom. The molecule has 0 aliphatic carbocycles. The molecule has 4 N–H and O–H groups in total. The fourth-order valence-corrected chi connectivity index (χ4v) is 4.32. The predicted octanol–water partition coefficient (Wildman–Crippen LogP) is 3.73. The molecule has 2 atom stereocenters. The van der Waals surface area contributed by atoms with E-state index < -0.39 is 30.1 Å². The SMILES string of the molecule is O=C(N[C@@H](CSCc1ccccc1)C(=O)N[C@@H](Cc1ccc(O)cc1)C(=O)O)OCc1ccccc1. The number of hydrogen-bond donors (Lipinski definition) is 4. The maximum Gasteiger partial charge on any atom is 0.408 e. The summed E-state index contributed by atoms with van der Waals surface area (Å²) in [7, 11) is 0. The van der Waals surface area contributed by atoms with Gasteiger partial charge in [0.15, 0.2) is 0 Å². The van der Waals surface area contributed by atoms with Gasteiger partial charge in [0, 0.05) is 17.9 Å². The summed E-state index contributed by atoms with van der Waals surface area (Å²) in [6.07, 6.45) is -0.756. The van der Waals surface area contributed by atoms with Gasteiger partial charge in [-0.05, 0) is 28.8 Å². The second kappa shape index (κ2) is 13.8. The molecule has 0 aromatic heterocycles. The Kier molecular flexibility index (Phi) is 10.2. The van der Waals surface area contributed by atoms with Crippen molar-refractivity contribution in [2.75, 3.05) is 5.75 Å². The van der Waals surface area contributed by atoms with Crippen molar-refractivity contribution in [3.05, 3.63) is 102 Å². The molecule has 0 bridgehead atoms. The van der Waals surface area contributed by atoms with E-state index in [-0.39, 0.29) is 24.5 Å². The van der Waals surface area contributed by atoms with Crippen LogP contribution < -0.4 is 10.6 Å². The van der Waals surface area contributed by atoms with E-state index in [1.807, 2.05) is 60.7 Å². The molecule has 0 saturated carbocycles. The monoisotopic (exact) mass is 508 g/mol. The highest BCUT2D eigenvalue weighted by molar-refractivity contribution is 7.98. The van der Waals surface area contributed by atoms with E-state index in [1.54, 1.807) is 12.1 Å². The molecule has 0 aliphatic rings. The van der Waals surface area contributed by atoms with Gasteiger partial charge in [0.05, 0.1) is 0 Å². The number of carbonyl (C=O) groups excluding carboxylic acids is 2. The minimum absolute atomic E-state index is 0.0175. The summed E-state index contributed by atoms with van der Waals surface area (Å²) in [4.78, 5) is 37.3. The van der Waals surface area contributed by atoms with E-state index in [0.717, 1.165) is 11.1 Å². The van der Waals surface area contributed by atoms with Gasteiger partial charge in [-0.1, -0.05) is 72.8 Å². The number of aliphatic carboxylic acids is 1. The number of ether oxygens (including phenoxy) is 1. The van der Waals surface area contributed by atoms with E-state index in [1.165, 1.54) is 23.9 Å². The topological polar surface area (TPSA) is 125 Å². The van der Waals surface area contributed by atoms with Gasteiger partial charge >= 0.3 is 12.1 Å². The number of benzene rings is 3. The molecule has 0 spiro atoms. The highest BCUT2D eigenvalue weighted by Crippen LogP contribution is 2.15. The minimum Gasteiger partial charge on any atom is -0.508 e. The van der Waals surface area contributed by atoms with Crippen LogP contribution in [0.25, 0.3) is 0 Å². The van der Waals surface area contributed by atoms with Gasteiger partial charge in [-0.25, -0.2) is 9.59 Å². The van der Waals surface area contributed by atoms with Crippen molar-refractivity contribution in [2.45, 2.75) is 30.9 Å². The van der Waals surface area contributed by atoms with E-state index in [2.05, 4.69) is 10.6 Å². The largest absolute Gasteiger partial charge is 0.508 e. The van der Waals surface area contributed by atoms with E-state index in [9.17, 15) is 24.6 Å². The Morgan fingerprint density at radius 3 is 2.00 bits per heavy atom. The number of thioether (sulfide) groups is 1. The molecule has 3 rings (SSSR count). The molecule has 0 fully saturated rings. The lowest BCUT2D eigenvalue weighted by atomic mass is 10.1. The van der Waals surface area contributed by atoms with E-state index in [0.29, 0.717) is 11.3 Å². The maximum absolute atomic E-state index is 13.1. The second-order valence-corrected chi connectivity index (χ2v) is 9.06. The molecule has 3 aromatic carbocycles. The first-order valence-electron chi connectivity index (χ1n) is 11.3. The van der Waals surface area contributed by atoms with Crippen molar-refractivity contribution in [3.8, 4) is 5.75 Å². The second-order valence-electron chi connectivity index (χ2n) is 8.03. The Hall–Kier alpha value is -3.98. The van der Waals surface area contributed by atoms with Crippen LogP contribution in [0.4, 0.5) is 4.79 Å². The lowest BCUT2D eigenvalue weighted by Crippen LogP contribution is -2.53. The van der Waals surface area contributed by atoms with E-state index >= 15 is 0 Å². The van der Waals surface area contributed by atoms with Crippen LogP contribution in [-0.4, -0.2) is 46.0 Å². The molecule has 2 amide bonds. The molecule has 9 heteroatoms. The number of carboxylic acid groups (broad SMARTS) is 1. The minimum atomic E-state index is -1.22. The lowest BCUT2D eigenvalue weighted by Gasteiger charge is -2.21. The molecular weight excluding hydrogens is 480 g/mol. The summed E-state index contributed by atoms with van der Waals surface area (Å²) in [5.41, 5.74) is 2.49. The van der Waals surface area contributed by atoms with Gasteiger partial charge in [-0.2, -0.15) is 11.8 Å². The third-order valence-electron chi connectivity index (χ3n) is 5.21. The molecular formula is C27H28N2O6S. The van der Waals surface area contributed by atoms with Crippen LogP contribution in [0.3, 0.4) is 0 Å². The average Bonchev–Trinajstić information content (AvgIpc) is 2.89. The zero-order valence-corrected chi connectivity index (χ0v) is 20.3. The highest BCUT2D eigenvalue weighted by atomic mass is 32.2. The number of phenolic OH excluding ortho intramolecular Hbond substituents is 1. The van der Waals surface area contributed by atoms with Crippen molar-refractivity contribution < 1.29 is 29.3 Å². The first kappa shape index (κ1) is 26.6. The van der Waals surface area contributed by atoms with Crippen molar-refractivity contribution >= 4 is 29.7 Å². The maximum atomic E-state index is 13.1. The van der Waals surface area contributed by atoms with Gasteiger partial charge < -0.3 is 25.6 Å². The summed E-state index contributed by atoms with van der Waals surface area (Å²) in [6, 6.07) is 22.6. The van der Waals surface area contributed by atoms with Gasteiger partial charge in [0.2, 0.25) is 5.91 Å². The molecule has 188 valence electrons. The van der Waals surface area contributed by atoms with Crippen LogP contribution in [0.1, 0.15) is 16.7 Å². The predicted molar refractivity (Wildman–Crippen MR) is 138 cm³/mol. The number of nitrogens with one attached hydrogen (secondary N) is 2. The summed E-state index contributed by atoms with van der Waals surface area (Å²) >= 11 is 1.43. The summed E-state index contributed by atoms with van der Waals surface area (Å²) < 4.78 is 5.25. The van der Waals surface area contributed by atoms with Crippen molar-refractivity contribution in [2.24, 2.45) is 0 Å². The number of hydrogen-bond acceptors (Lipinski definition) is 6. The highest BCUT2D eigenvalue weighted by Gasteiger charge is 2.27. The Labute approximate surface area is 213 Å². The zero-order chi connectivity index (χ0) is 25.8. The summed E-state index contributed by atoms with van der Waals surface area (Å²) in [5.74, 6) is -0.950. The smallest absolute Gasteiger partial charge is 0.408 e. The molecule has 3 aromatic rings. The average molecular weight is 509 g/mol. The van der Waals surface area contributed by atoms with Crippen LogP contribution in [-0.2, 0) is 33.1 Å². The van der Waals surface area contributed by atoms with Crippen LogP contribution in [0.5, 0.6) is 5.75 Å². The summed E-state index contributed by atoms with van der Waals surface area (Å²) in [5, 5.41) is 24.2. The van der Waals surface area contributed by atoms with Crippen molar-refractivity contribution in [1.29, 1.82) is 0 Å². The molecule has 8 nitrogen and oxygen atoms in total. The fourth-order valence-electron chi connectivity index (χ4n) is 3.30. The lowest BCUT2D eigenvalue weighted by molar-refractivity contribution is -0.142. The van der Waals surface area contributed by atoms with Gasteiger partial charge in [0.1, 0.15) is 24.4 Å². The third-order valence-corrected chi connectivity index (χ3v) is 6.31. The standard InChI is InChI=1S/C27H28N2O6S/c30-22-13-11-19(12-14-22)15-23(26(32)33)28-25(31)24(18-36-17-21-9-5-2-6-10-21)29-27(34)35-16-20-7-3-1-4-8-20/h1-14,23-24,30H,15-18H2,(H,28,31)(H,29,34)(H,32,33)/t23-,24-/m0/s1. The van der Waals surface area contributed by atoms with Crippen molar-refractivity contribution in [3.63, 3.8) is 0 Å². The number of rotatable bonds is 12. The molecule has 36 heavy (non-hydrogen) atoms. The number of amides is 2. The normalized spacial score (nSPS) is 12.2. The Balaban J connectivity index is 1.63. The molecule has 0 aliphatic heterocycles. The van der Waals surface area contributed by atoms with Gasteiger partial charge in [0.25, 0.3) is 0 Å². The molecule has 0 radical (unpaired) electrons. The van der Waals surface area contributed by atoms with E-state index in [4.69, 9.17) is 4.74 Å². The van der Waals surface area contributed by atoms with Gasteiger partial charge in [-0.3, -0.25) is 4.79 Å². The molecule has 0 saturated heterocycles. The first-order valence-corrected chi connectivity index (χ1v) is 12.5. The third kappa shape index (κ3) is 8.99. The van der Waals surface area contributed by atoms with Crippen LogP contribution >= 0.6 is 11.8 Å². The number of aromatic hydroxyl groups is 1. The quantitative estimate of drug-likeness (QED) is 0.294. The van der Waals surface area contributed by atoms with Crippen LogP contribution in [0, 0.1) is 0 Å². The number of alkyl carbamates (subject to hydrolysis) is 1. The zero-order valence-electron chi connectivity index (χ0n) is 19.5. The number of carbonyl (C=O) groups is 3. The molecule has 0 heterocycles. The summed E-state index contributed by atoms with van der Waals surface area (Å²) in [6.45, 7) is 0.0385.